The van der Waals surface area contributed by atoms with E-state index in [0.29, 0.717) is 17.1 Å². The fourth-order valence-corrected chi connectivity index (χ4v) is 1.77. The molecule has 0 aliphatic carbocycles. The van der Waals surface area contributed by atoms with E-state index >= 15 is 0 Å². The lowest BCUT2D eigenvalue weighted by atomic mass is 10.0. The lowest BCUT2D eigenvalue weighted by Crippen LogP contribution is -2.29. The van der Waals surface area contributed by atoms with Crippen LogP contribution in [-0.4, -0.2) is 26.9 Å². The summed E-state index contributed by atoms with van der Waals surface area (Å²) in [7, 11) is 1.73. The molecule has 1 unspecified atom stereocenters. The van der Waals surface area contributed by atoms with E-state index in [1.54, 1.807) is 18.7 Å². The third kappa shape index (κ3) is 3.00. The van der Waals surface area contributed by atoms with Gasteiger partial charge in [0.25, 0.3) is 0 Å². The summed E-state index contributed by atoms with van der Waals surface area (Å²) in [5, 5.41) is 25.2. The molecule has 1 aromatic heterocycles. The first-order valence-corrected chi connectivity index (χ1v) is 5.78. The van der Waals surface area contributed by atoms with Crippen molar-refractivity contribution in [3.63, 3.8) is 0 Å². The Morgan fingerprint density at radius 1 is 1.61 bits per heavy atom. The van der Waals surface area contributed by atoms with Crippen molar-refractivity contribution in [3.8, 4) is 6.07 Å². The fraction of sp³-hybridized carbons (Fsp3) is 0.583. The molecule has 1 aromatic rings. The number of nitrogens with zero attached hydrogens (tertiary/aromatic N) is 3. The number of hydrogen-bond acceptors (Lipinski definition) is 4. The molecule has 6 heteroatoms. The molecule has 0 bridgehead atoms. The third-order valence-corrected chi connectivity index (χ3v) is 2.86. The molecule has 0 aliphatic rings. The van der Waals surface area contributed by atoms with Crippen LogP contribution in [0.4, 0.5) is 5.82 Å². The van der Waals surface area contributed by atoms with Gasteiger partial charge in [0.1, 0.15) is 17.5 Å². The summed E-state index contributed by atoms with van der Waals surface area (Å²) in [6, 6.07) is 1.86. The average molecular weight is 250 g/mol. The van der Waals surface area contributed by atoms with Crippen LogP contribution in [-0.2, 0) is 11.8 Å². The Labute approximate surface area is 106 Å². The van der Waals surface area contributed by atoms with Gasteiger partial charge in [0.05, 0.1) is 12.1 Å². The molecule has 0 saturated heterocycles. The first-order chi connectivity index (χ1) is 8.36. The normalized spacial score (nSPS) is 12.2. The number of rotatable bonds is 5. The van der Waals surface area contributed by atoms with Crippen LogP contribution in [0.3, 0.4) is 0 Å². The monoisotopic (exact) mass is 250 g/mol. The molecule has 1 atom stereocenters. The van der Waals surface area contributed by atoms with Gasteiger partial charge in [0.2, 0.25) is 0 Å². The highest BCUT2D eigenvalue weighted by Gasteiger charge is 2.21. The summed E-state index contributed by atoms with van der Waals surface area (Å²) >= 11 is 0. The number of carboxylic acid groups (broad SMARTS) is 1. The second-order valence-electron chi connectivity index (χ2n) is 4.64. The highest BCUT2D eigenvalue weighted by atomic mass is 16.4. The molecule has 0 aromatic carbocycles. The molecule has 0 saturated carbocycles. The number of carbonyl (C=O) groups is 1. The van der Waals surface area contributed by atoms with Crippen molar-refractivity contribution in [1.82, 2.24) is 9.78 Å². The zero-order chi connectivity index (χ0) is 13.9. The summed E-state index contributed by atoms with van der Waals surface area (Å²) in [5.74, 6) is -0.142. The van der Waals surface area contributed by atoms with Gasteiger partial charge in [-0.1, -0.05) is 13.8 Å². The van der Waals surface area contributed by atoms with Gasteiger partial charge < -0.3 is 10.4 Å². The topological polar surface area (TPSA) is 90.9 Å². The molecule has 0 fully saturated rings. The second-order valence-corrected chi connectivity index (χ2v) is 4.64. The smallest absolute Gasteiger partial charge is 0.305 e. The lowest BCUT2D eigenvalue weighted by molar-refractivity contribution is -0.137. The van der Waals surface area contributed by atoms with Gasteiger partial charge in [-0.25, -0.2) is 0 Å². The van der Waals surface area contributed by atoms with Crippen LogP contribution in [0.15, 0.2) is 0 Å². The molecule has 0 amide bonds. The molecule has 1 heterocycles. The molecule has 1 rings (SSSR count). The minimum atomic E-state index is -0.862. The predicted octanol–water partition coefficient (Wildman–Crippen LogP) is 1.51. The zero-order valence-electron chi connectivity index (χ0n) is 11.1. The van der Waals surface area contributed by atoms with Crippen molar-refractivity contribution in [2.45, 2.75) is 33.2 Å². The van der Waals surface area contributed by atoms with E-state index in [9.17, 15) is 4.79 Å². The SMILES string of the molecule is Cc1nn(C)c(NC(CC(=O)O)C(C)C)c1C#N. The van der Waals surface area contributed by atoms with Gasteiger partial charge in [-0.05, 0) is 12.8 Å². The molecule has 6 nitrogen and oxygen atoms in total. The first-order valence-electron chi connectivity index (χ1n) is 5.78. The summed E-state index contributed by atoms with van der Waals surface area (Å²) in [6.45, 7) is 5.64. The van der Waals surface area contributed by atoms with Gasteiger partial charge in [-0.3, -0.25) is 9.48 Å². The van der Waals surface area contributed by atoms with E-state index in [1.807, 2.05) is 13.8 Å². The zero-order valence-corrected chi connectivity index (χ0v) is 11.1. The van der Waals surface area contributed by atoms with Crippen LogP contribution in [0, 0.1) is 24.2 Å². The van der Waals surface area contributed by atoms with Crippen LogP contribution in [0.5, 0.6) is 0 Å². The van der Waals surface area contributed by atoms with E-state index in [-0.39, 0.29) is 18.4 Å². The summed E-state index contributed by atoms with van der Waals surface area (Å²) in [5.41, 5.74) is 1.11. The number of hydrogen-bond donors (Lipinski definition) is 2. The maximum atomic E-state index is 10.8. The summed E-state index contributed by atoms with van der Waals surface area (Å²) in [4.78, 5) is 10.8. The molecule has 18 heavy (non-hydrogen) atoms. The maximum Gasteiger partial charge on any atom is 0.305 e. The predicted molar refractivity (Wildman–Crippen MR) is 67.2 cm³/mol. The van der Waals surface area contributed by atoms with E-state index in [1.165, 1.54) is 0 Å². The molecule has 0 radical (unpaired) electrons. The number of carboxylic acids is 1. The number of aliphatic carboxylic acids is 1. The van der Waals surface area contributed by atoms with E-state index in [4.69, 9.17) is 10.4 Å². The highest BCUT2D eigenvalue weighted by molar-refractivity contribution is 5.68. The van der Waals surface area contributed by atoms with Crippen molar-refractivity contribution < 1.29 is 9.90 Å². The maximum absolute atomic E-state index is 10.8. The Kier molecular flexibility index (Phi) is 4.32. The molecule has 98 valence electrons. The quantitative estimate of drug-likeness (QED) is 0.826. The van der Waals surface area contributed by atoms with Crippen LogP contribution >= 0.6 is 0 Å². The summed E-state index contributed by atoms with van der Waals surface area (Å²) in [6.07, 6.45) is 0.00671. The van der Waals surface area contributed by atoms with Crippen LogP contribution in [0.2, 0.25) is 0 Å². The number of anilines is 1. The van der Waals surface area contributed by atoms with Gasteiger partial charge in [-0.15, -0.1) is 0 Å². The van der Waals surface area contributed by atoms with Gasteiger partial charge in [-0.2, -0.15) is 10.4 Å². The average Bonchev–Trinajstić information content (AvgIpc) is 2.51. The summed E-state index contributed by atoms with van der Waals surface area (Å²) < 4.78 is 1.57. The van der Waals surface area contributed by atoms with Crippen molar-refractivity contribution in [2.24, 2.45) is 13.0 Å². The van der Waals surface area contributed by atoms with E-state index < -0.39 is 5.97 Å². The highest BCUT2D eigenvalue weighted by Crippen LogP contribution is 2.21. The Bertz CT molecular complexity index is 485. The third-order valence-electron chi connectivity index (χ3n) is 2.86. The fourth-order valence-electron chi connectivity index (χ4n) is 1.77. The molecular formula is C12H18N4O2. The Morgan fingerprint density at radius 2 is 2.22 bits per heavy atom. The minimum Gasteiger partial charge on any atom is -0.481 e. The number of nitrogens with one attached hydrogen (secondary N) is 1. The minimum absolute atomic E-state index is 0.00671. The van der Waals surface area contributed by atoms with Gasteiger partial charge in [0.15, 0.2) is 0 Å². The molecule has 0 spiro atoms. The Balaban J connectivity index is 3.01. The van der Waals surface area contributed by atoms with E-state index in [2.05, 4.69) is 16.5 Å². The molecular weight excluding hydrogens is 232 g/mol. The van der Waals surface area contributed by atoms with Crippen molar-refractivity contribution in [2.75, 3.05) is 5.32 Å². The van der Waals surface area contributed by atoms with Crippen LogP contribution in [0.1, 0.15) is 31.5 Å². The number of aromatic nitrogens is 2. The van der Waals surface area contributed by atoms with Crippen molar-refractivity contribution in [1.29, 1.82) is 5.26 Å². The van der Waals surface area contributed by atoms with Crippen molar-refractivity contribution >= 4 is 11.8 Å². The second kappa shape index (κ2) is 5.54. The lowest BCUT2D eigenvalue weighted by Gasteiger charge is -2.21. The number of aryl methyl sites for hydroxylation is 2. The standard InChI is InChI=1S/C12H18N4O2/c1-7(2)10(5-11(17)18)14-12-9(6-13)8(3)15-16(12)4/h7,10,14H,5H2,1-4H3,(H,17,18). The first kappa shape index (κ1) is 14.0. The molecule has 2 N–H and O–H groups in total. The van der Waals surface area contributed by atoms with Crippen LogP contribution in [0.25, 0.3) is 0 Å². The van der Waals surface area contributed by atoms with Crippen LogP contribution < -0.4 is 5.32 Å². The Morgan fingerprint density at radius 3 is 2.67 bits per heavy atom. The van der Waals surface area contributed by atoms with Crippen molar-refractivity contribution in [3.05, 3.63) is 11.3 Å². The molecule has 0 aliphatic heterocycles. The van der Waals surface area contributed by atoms with E-state index in [0.717, 1.165) is 0 Å². The largest absolute Gasteiger partial charge is 0.481 e. The van der Waals surface area contributed by atoms with Gasteiger partial charge in [0, 0.05) is 13.1 Å². The van der Waals surface area contributed by atoms with Gasteiger partial charge >= 0.3 is 5.97 Å². The Hall–Kier alpha value is -2.03. The number of nitriles is 1.